The standard InChI is InChI=1S/C14H18F6O5/c1-3-10(7-5-4-6-8-23-9(2)21)24-12(22)25-11(13(15,16)17)14(18,19)20/h3,10-11H,1,4-8H2,2H3. The summed E-state index contributed by atoms with van der Waals surface area (Å²) in [6.45, 7) is 4.70. The molecule has 0 bridgehead atoms. The molecule has 0 heterocycles. The molecule has 0 aromatic heterocycles. The molecule has 0 aliphatic rings. The van der Waals surface area contributed by atoms with Gasteiger partial charge in [-0.3, -0.25) is 4.79 Å². The Kier molecular flexibility index (Phi) is 9.35. The van der Waals surface area contributed by atoms with E-state index >= 15 is 0 Å². The van der Waals surface area contributed by atoms with Gasteiger partial charge in [0.2, 0.25) is 0 Å². The van der Waals surface area contributed by atoms with E-state index in [1.54, 1.807) is 0 Å². The Labute approximate surface area is 139 Å². The summed E-state index contributed by atoms with van der Waals surface area (Å²) >= 11 is 0. The summed E-state index contributed by atoms with van der Waals surface area (Å²) in [4.78, 5) is 21.7. The van der Waals surface area contributed by atoms with Gasteiger partial charge in [-0.05, 0) is 25.7 Å². The molecule has 11 heteroatoms. The first-order valence-electron chi connectivity index (χ1n) is 7.14. The molecule has 0 aromatic carbocycles. The van der Waals surface area contributed by atoms with E-state index in [0.29, 0.717) is 19.3 Å². The van der Waals surface area contributed by atoms with Gasteiger partial charge in [-0.15, -0.1) is 0 Å². The molecule has 0 saturated carbocycles. The zero-order valence-corrected chi connectivity index (χ0v) is 13.3. The van der Waals surface area contributed by atoms with Crippen LogP contribution in [0, 0.1) is 0 Å². The Bertz CT molecular complexity index is 432. The van der Waals surface area contributed by atoms with Crippen molar-refractivity contribution in [1.82, 2.24) is 0 Å². The summed E-state index contributed by atoms with van der Waals surface area (Å²) in [6.07, 6.45) is -16.5. The Morgan fingerprint density at radius 3 is 2.00 bits per heavy atom. The number of ether oxygens (including phenoxy) is 3. The van der Waals surface area contributed by atoms with E-state index in [0.717, 1.165) is 6.08 Å². The molecule has 25 heavy (non-hydrogen) atoms. The summed E-state index contributed by atoms with van der Waals surface area (Å²) in [5.41, 5.74) is 0. The van der Waals surface area contributed by atoms with Gasteiger partial charge >= 0.3 is 24.5 Å². The maximum absolute atomic E-state index is 12.3. The highest BCUT2D eigenvalue weighted by molar-refractivity contribution is 5.65. The number of alkyl halides is 6. The number of unbranched alkanes of at least 4 members (excludes halogenated alkanes) is 2. The lowest BCUT2D eigenvalue weighted by atomic mass is 10.1. The largest absolute Gasteiger partial charge is 0.509 e. The van der Waals surface area contributed by atoms with Crippen LogP contribution in [0.15, 0.2) is 12.7 Å². The number of halogens is 6. The lowest BCUT2D eigenvalue weighted by Crippen LogP contribution is -2.46. The van der Waals surface area contributed by atoms with Gasteiger partial charge in [0.15, 0.2) is 0 Å². The number of hydrogen-bond donors (Lipinski definition) is 0. The molecule has 146 valence electrons. The molecule has 0 saturated heterocycles. The zero-order chi connectivity index (χ0) is 19.7. The fourth-order valence-corrected chi connectivity index (χ4v) is 1.63. The third-order valence-electron chi connectivity index (χ3n) is 2.76. The molecule has 0 amide bonds. The predicted molar refractivity (Wildman–Crippen MR) is 72.6 cm³/mol. The fourth-order valence-electron chi connectivity index (χ4n) is 1.63. The van der Waals surface area contributed by atoms with Crippen molar-refractivity contribution >= 4 is 12.1 Å². The Balaban J connectivity index is 4.35. The SMILES string of the molecule is C=CC(CCCCCOC(C)=O)OC(=O)OC(C(F)(F)F)C(F)(F)F. The minimum atomic E-state index is -5.81. The number of carbonyl (C=O) groups is 2. The Hall–Kier alpha value is -1.94. The topological polar surface area (TPSA) is 61.8 Å². The third-order valence-corrected chi connectivity index (χ3v) is 2.76. The van der Waals surface area contributed by atoms with Crippen LogP contribution in [0.25, 0.3) is 0 Å². The first kappa shape index (κ1) is 23.1. The highest BCUT2D eigenvalue weighted by Crippen LogP contribution is 2.36. The third kappa shape index (κ3) is 10.5. The number of hydrogen-bond acceptors (Lipinski definition) is 5. The lowest BCUT2D eigenvalue weighted by molar-refractivity contribution is -0.310. The lowest BCUT2D eigenvalue weighted by Gasteiger charge is -2.23. The van der Waals surface area contributed by atoms with E-state index in [-0.39, 0.29) is 13.0 Å². The Morgan fingerprint density at radius 1 is 1.00 bits per heavy atom. The molecule has 0 aromatic rings. The average Bonchev–Trinajstić information content (AvgIpc) is 2.44. The van der Waals surface area contributed by atoms with Crippen LogP contribution in [0.3, 0.4) is 0 Å². The van der Waals surface area contributed by atoms with Gasteiger partial charge < -0.3 is 14.2 Å². The maximum Gasteiger partial charge on any atom is 0.509 e. The summed E-state index contributed by atoms with van der Waals surface area (Å²) in [5, 5.41) is 0. The molecular formula is C14H18F6O5. The normalized spacial score (nSPS) is 13.3. The highest BCUT2D eigenvalue weighted by Gasteiger charge is 2.60. The van der Waals surface area contributed by atoms with Gasteiger partial charge in [0.05, 0.1) is 6.61 Å². The molecule has 0 N–H and O–H groups in total. The van der Waals surface area contributed by atoms with Crippen molar-refractivity contribution in [2.75, 3.05) is 6.61 Å². The molecule has 1 unspecified atom stereocenters. The van der Waals surface area contributed by atoms with Crippen molar-refractivity contribution in [2.45, 2.75) is 57.2 Å². The van der Waals surface area contributed by atoms with Crippen molar-refractivity contribution in [2.24, 2.45) is 0 Å². The van der Waals surface area contributed by atoms with E-state index in [1.807, 2.05) is 0 Å². The minimum Gasteiger partial charge on any atom is -0.466 e. The molecule has 0 aliphatic heterocycles. The molecule has 0 fully saturated rings. The first-order chi connectivity index (χ1) is 11.4. The van der Waals surface area contributed by atoms with Crippen molar-refractivity contribution in [1.29, 1.82) is 0 Å². The average molecular weight is 380 g/mol. The number of rotatable bonds is 9. The van der Waals surface area contributed by atoms with Crippen LogP contribution in [0.1, 0.15) is 32.6 Å². The van der Waals surface area contributed by atoms with E-state index in [2.05, 4.69) is 20.8 Å². The van der Waals surface area contributed by atoms with Crippen LogP contribution >= 0.6 is 0 Å². The Morgan fingerprint density at radius 2 is 1.56 bits per heavy atom. The van der Waals surface area contributed by atoms with Gasteiger partial charge in [0.25, 0.3) is 6.10 Å². The van der Waals surface area contributed by atoms with Crippen LogP contribution in [-0.4, -0.2) is 43.3 Å². The van der Waals surface area contributed by atoms with Crippen LogP contribution < -0.4 is 0 Å². The quantitative estimate of drug-likeness (QED) is 0.258. The highest BCUT2D eigenvalue weighted by atomic mass is 19.4. The van der Waals surface area contributed by atoms with E-state index in [1.165, 1.54) is 6.92 Å². The van der Waals surface area contributed by atoms with Crippen molar-refractivity contribution < 1.29 is 50.1 Å². The summed E-state index contributed by atoms with van der Waals surface area (Å²) in [5.74, 6) is -0.445. The predicted octanol–water partition coefficient (Wildman–Crippen LogP) is 4.31. The molecule has 5 nitrogen and oxygen atoms in total. The van der Waals surface area contributed by atoms with Crippen LogP contribution in [0.2, 0.25) is 0 Å². The smallest absolute Gasteiger partial charge is 0.466 e. The van der Waals surface area contributed by atoms with Gasteiger partial charge in [-0.25, -0.2) is 4.79 Å². The van der Waals surface area contributed by atoms with E-state index in [4.69, 9.17) is 0 Å². The second-order valence-corrected chi connectivity index (χ2v) is 4.91. The van der Waals surface area contributed by atoms with Crippen LogP contribution in [-0.2, 0) is 19.0 Å². The second-order valence-electron chi connectivity index (χ2n) is 4.91. The molecule has 1 atom stereocenters. The van der Waals surface area contributed by atoms with Gasteiger partial charge in [0, 0.05) is 6.92 Å². The second kappa shape index (κ2) is 10.1. The molecule has 0 aliphatic carbocycles. The molecule has 0 rings (SSSR count). The summed E-state index contributed by atoms with van der Waals surface area (Å²) in [6, 6.07) is 0. The van der Waals surface area contributed by atoms with Crippen LogP contribution in [0.5, 0.6) is 0 Å². The van der Waals surface area contributed by atoms with Gasteiger partial charge in [-0.1, -0.05) is 12.7 Å². The monoisotopic (exact) mass is 380 g/mol. The molecule has 0 spiro atoms. The molecule has 0 radical (unpaired) electrons. The zero-order valence-electron chi connectivity index (χ0n) is 13.3. The van der Waals surface area contributed by atoms with Crippen molar-refractivity contribution in [3.8, 4) is 0 Å². The number of carbonyl (C=O) groups excluding carboxylic acids is 2. The maximum atomic E-state index is 12.3. The van der Waals surface area contributed by atoms with Crippen molar-refractivity contribution in [3.63, 3.8) is 0 Å². The number of esters is 1. The minimum absolute atomic E-state index is 0.112. The fraction of sp³-hybridized carbons (Fsp3) is 0.714. The van der Waals surface area contributed by atoms with Crippen molar-refractivity contribution in [3.05, 3.63) is 12.7 Å². The van der Waals surface area contributed by atoms with E-state index < -0.39 is 36.7 Å². The summed E-state index contributed by atoms with van der Waals surface area (Å²) < 4.78 is 86.0. The van der Waals surface area contributed by atoms with Crippen LogP contribution in [0.4, 0.5) is 31.1 Å². The first-order valence-corrected chi connectivity index (χ1v) is 7.14. The van der Waals surface area contributed by atoms with Gasteiger partial charge in [-0.2, -0.15) is 26.3 Å². The summed E-state index contributed by atoms with van der Waals surface area (Å²) in [7, 11) is 0. The molecular weight excluding hydrogens is 362 g/mol. The van der Waals surface area contributed by atoms with E-state index in [9.17, 15) is 35.9 Å². The van der Waals surface area contributed by atoms with Gasteiger partial charge in [0.1, 0.15) is 6.10 Å².